The number of rotatable bonds is 21. The van der Waals surface area contributed by atoms with E-state index in [9.17, 15) is 19.5 Å². The molecule has 4 aliphatic rings. The fraction of sp³-hybridized carbons (Fsp3) is 0.532. The number of nitrogens with one attached hydrogen (secondary N) is 1. The number of amides is 1. The zero-order chi connectivity index (χ0) is 51.0. The second-order valence-corrected chi connectivity index (χ2v) is 22.3. The minimum atomic E-state index is -1.10. The molecule has 5 unspecified atom stereocenters. The number of allylic oxidation sites excluding steroid dienone is 1. The smallest absolute Gasteiger partial charge is 0.411 e. The van der Waals surface area contributed by atoms with Crippen molar-refractivity contribution in [1.29, 1.82) is 0 Å². The first kappa shape index (κ1) is 52.7. The quantitative estimate of drug-likeness (QED) is 0.0476. The van der Waals surface area contributed by atoms with Crippen LogP contribution in [0.5, 0.6) is 11.5 Å². The van der Waals surface area contributed by atoms with Gasteiger partial charge in [0.2, 0.25) is 0 Å². The monoisotopic (exact) mass is 982 g/mol. The predicted octanol–water partition coefficient (Wildman–Crippen LogP) is 14.5. The van der Waals surface area contributed by atoms with E-state index < -0.39 is 29.7 Å². The lowest BCUT2D eigenvalue weighted by Gasteiger charge is -2.58. The molecular formula is C62H79NO9. The average molecular weight is 982 g/mol. The van der Waals surface area contributed by atoms with Gasteiger partial charge in [-0.3, -0.25) is 14.9 Å². The van der Waals surface area contributed by atoms with Gasteiger partial charge in [-0.2, -0.15) is 0 Å². The van der Waals surface area contributed by atoms with Crippen molar-refractivity contribution in [3.63, 3.8) is 0 Å². The van der Waals surface area contributed by atoms with Gasteiger partial charge in [-0.15, -0.1) is 0 Å². The fourth-order valence-corrected chi connectivity index (χ4v) is 13.9. The first-order valence-electron chi connectivity index (χ1n) is 26.8. The van der Waals surface area contributed by atoms with Gasteiger partial charge in [0.05, 0.1) is 33.7 Å². The summed E-state index contributed by atoms with van der Waals surface area (Å²) >= 11 is 0. The largest absolute Gasteiger partial charge is 0.497 e. The van der Waals surface area contributed by atoms with Crippen molar-refractivity contribution in [2.45, 2.75) is 142 Å². The molecule has 1 amide bonds. The standard InChI is InChI=1S/C62H79NO9/c1-41(2)12-11-13-42(3)53-30-31-54-52-29-22-47-40-51(34-37-60(47,4)55(52)35-38-61(53,54)5)71-59(67)63-48-23-16-43(17-24-48)56(72-58(66)33-32-57(64)65)36-39-70-62(44-14-9-8-10-15-44,45-18-25-49(68-6)26-19-45)46-20-27-50(69-7)28-21-46/h8-10,14-28,41-42,51-56H,11-13,29-40H2,1-7H3,(H,63,67)(H,64,65)/t42-,51?,52?,53-,54?,55?,56?,60+,61-/m1/s1. The van der Waals surface area contributed by atoms with Gasteiger partial charge in [-0.25, -0.2) is 4.79 Å². The van der Waals surface area contributed by atoms with E-state index in [0.29, 0.717) is 34.1 Å². The number of fused-ring (bicyclic) bond motifs is 5. The van der Waals surface area contributed by atoms with Crippen LogP contribution >= 0.6 is 0 Å². The fourth-order valence-electron chi connectivity index (χ4n) is 13.9. The maximum Gasteiger partial charge on any atom is 0.411 e. The third-order valence-electron chi connectivity index (χ3n) is 17.8. The molecule has 8 rings (SSSR count). The Hall–Kier alpha value is -5.61. The van der Waals surface area contributed by atoms with Crippen LogP contribution in [0.15, 0.2) is 115 Å². The molecule has 4 aliphatic carbocycles. The Balaban J connectivity index is 0.929. The number of ether oxygens (including phenoxy) is 5. The molecule has 10 heteroatoms. The molecule has 0 heterocycles. The third-order valence-corrected chi connectivity index (χ3v) is 17.8. The van der Waals surface area contributed by atoms with E-state index >= 15 is 0 Å². The van der Waals surface area contributed by atoms with Gasteiger partial charge in [-0.05, 0) is 150 Å². The van der Waals surface area contributed by atoms with Gasteiger partial charge in [0.1, 0.15) is 29.3 Å². The highest BCUT2D eigenvalue weighted by Gasteiger charge is 2.59. The number of benzene rings is 4. The zero-order valence-electron chi connectivity index (χ0n) is 43.8. The molecule has 72 heavy (non-hydrogen) atoms. The first-order chi connectivity index (χ1) is 34.7. The summed E-state index contributed by atoms with van der Waals surface area (Å²) in [4.78, 5) is 38.1. The van der Waals surface area contributed by atoms with E-state index in [4.69, 9.17) is 23.7 Å². The summed E-state index contributed by atoms with van der Waals surface area (Å²) < 4.78 is 30.3. The number of esters is 1. The number of hydrogen-bond donors (Lipinski definition) is 2. The molecule has 0 saturated heterocycles. The summed E-state index contributed by atoms with van der Waals surface area (Å²) in [6.07, 6.45) is 14.0. The van der Waals surface area contributed by atoms with E-state index in [1.54, 1.807) is 26.4 Å². The highest BCUT2D eigenvalue weighted by Crippen LogP contribution is 2.67. The normalized spacial score (nSPS) is 25.4. The van der Waals surface area contributed by atoms with Crippen LogP contribution in [-0.4, -0.2) is 50.1 Å². The molecule has 4 aromatic rings. The van der Waals surface area contributed by atoms with Crippen LogP contribution in [0.4, 0.5) is 10.5 Å². The average Bonchev–Trinajstić information content (AvgIpc) is 3.74. The second kappa shape index (κ2) is 23.1. The third kappa shape index (κ3) is 11.4. The van der Waals surface area contributed by atoms with E-state index in [-0.39, 0.29) is 37.4 Å². The van der Waals surface area contributed by atoms with Crippen LogP contribution in [0, 0.1) is 46.3 Å². The molecule has 3 saturated carbocycles. The highest BCUT2D eigenvalue weighted by atomic mass is 16.6. The number of aliphatic carboxylic acids is 1. The Labute approximate surface area is 428 Å². The molecule has 0 bridgehead atoms. The summed E-state index contributed by atoms with van der Waals surface area (Å²) in [6.45, 7) is 12.5. The Bertz CT molecular complexity index is 2420. The van der Waals surface area contributed by atoms with E-state index in [2.05, 4.69) is 46.0 Å². The number of carbonyl (C=O) groups is 3. The highest BCUT2D eigenvalue weighted by molar-refractivity contribution is 5.84. The van der Waals surface area contributed by atoms with Crippen molar-refractivity contribution in [2.75, 3.05) is 26.1 Å². The van der Waals surface area contributed by atoms with Gasteiger partial charge in [0.25, 0.3) is 0 Å². The van der Waals surface area contributed by atoms with Crippen molar-refractivity contribution >= 4 is 23.7 Å². The lowest BCUT2D eigenvalue weighted by Crippen LogP contribution is -2.51. The van der Waals surface area contributed by atoms with Gasteiger partial charge < -0.3 is 28.8 Å². The summed E-state index contributed by atoms with van der Waals surface area (Å²) in [5, 5.41) is 12.3. The van der Waals surface area contributed by atoms with Crippen LogP contribution in [0.3, 0.4) is 0 Å². The number of hydrogen-bond acceptors (Lipinski definition) is 8. The van der Waals surface area contributed by atoms with Gasteiger partial charge in [-0.1, -0.05) is 132 Å². The van der Waals surface area contributed by atoms with Crippen LogP contribution in [0.2, 0.25) is 0 Å². The molecular weight excluding hydrogens is 903 g/mol. The van der Waals surface area contributed by atoms with Crippen LogP contribution in [0.1, 0.15) is 153 Å². The number of carbonyl (C=O) groups excluding carboxylic acids is 2. The summed E-state index contributed by atoms with van der Waals surface area (Å²) in [6, 6.07) is 32.6. The SMILES string of the molecule is COc1ccc(C(OCCC(OC(=O)CCC(=O)O)c2ccc(NC(=O)OC3CC[C@@]4(C)C(=CCC5C4CC[C@@]4(C)C5CC[C@@H]4[C@H](C)CCCC(C)C)C3)cc2)(c2ccccc2)c2ccc(OC)cc2)cc1. The number of anilines is 1. The van der Waals surface area contributed by atoms with Gasteiger partial charge in [0, 0.05) is 18.5 Å². The minimum Gasteiger partial charge on any atom is -0.497 e. The van der Waals surface area contributed by atoms with Gasteiger partial charge >= 0.3 is 18.0 Å². The molecule has 0 spiro atoms. The molecule has 386 valence electrons. The molecule has 2 N–H and O–H groups in total. The maximum absolute atomic E-state index is 13.5. The Morgan fingerprint density at radius 3 is 2.01 bits per heavy atom. The Morgan fingerprint density at radius 2 is 1.39 bits per heavy atom. The molecule has 9 atom stereocenters. The van der Waals surface area contributed by atoms with Crippen LogP contribution in [0.25, 0.3) is 0 Å². The van der Waals surface area contributed by atoms with E-state index in [1.807, 2.05) is 91.0 Å². The Kier molecular flexibility index (Phi) is 16.9. The van der Waals surface area contributed by atoms with Crippen molar-refractivity contribution in [2.24, 2.45) is 46.3 Å². The molecule has 10 nitrogen and oxygen atoms in total. The van der Waals surface area contributed by atoms with Crippen LogP contribution in [-0.2, 0) is 29.4 Å². The zero-order valence-corrected chi connectivity index (χ0v) is 43.8. The van der Waals surface area contributed by atoms with E-state index in [1.165, 1.54) is 50.5 Å². The second-order valence-electron chi connectivity index (χ2n) is 22.3. The summed E-state index contributed by atoms with van der Waals surface area (Å²) in [5.41, 5.74) is 4.81. The molecule has 0 aliphatic heterocycles. The van der Waals surface area contributed by atoms with Crippen molar-refractivity contribution < 1.29 is 43.2 Å². The van der Waals surface area contributed by atoms with Crippen molar-refractivity contribution in [3.05, 3.63) is 137 Å². The van der Waals surface area contributed by atoms with Crippen molar-refractivity contribution in [1.82, 2.24) is 0 Å². The number of methoxy groups -OCH3 is 2. The minimum absolute atomic E-state index is 0.132. The number of carboxylic acids is 1. The van der Waals surface area contributed by atoms with E-state index in [0.717, 1.165) is 72.0 Å². The molecule has 3 fully saturated rings. The molecule has 4 aromatic carbocycles. The van der Waals surface area contributed by atoms with Gasteiger partial charge in [0.15, 0.2) is 0 Å². The molecule has 0 aromatic heterocycles. The Morgan fingerprint density at radius 1 is 0.736 bits per heavy atom. The topological polar surface area (TPSA) is 130 Å². The van der Waals surface area contributed by atoms with Crippen molar-refractivity contribution in [3.8, 4) is 11.5 Å². The number of carboxylic acid groups (broad SMARTS) is 1. The lowest BCUT2D eigenvalue weighted by molar-refractivity contribution is -0.153. The predicted molar refractivity (Wildman–Crippen MR) is 282 cm³/mol. The first-order valence-corrected chi connectivity index (χ1v) is 26.8. The summed E-state index contributed by atoms with van der Waals surface area (Å²) in [5.74, 6) is 4.35. The molecule has 0 radical (unpaired) electrons. The summed E-state index contributed by atoms with van der Waals surface area (Å²) in [7, 11) is 3.25. The van der Waals surface area contributed by atoms with Crippen LogP contribution < -0.4 is 14.8 Å². The maximum atomic E-state index is 13.5. The lowest BCUT2D eigenvalue weighted by atomic mass is 9.47.